The predicted octanol–water partition coefficient (Wildman–Crippen LogP) is 2.10. The number of rotatable bonds is 3. The van der Waals surface area contributed by atoms with Crippen molar-refractivity contribution in [2.45, 2.75) is 13.3 Å². The maximum Gasteiger partial charge on any atom is 0.309 e. The summed E-state index contributed by atoms with van der Waals surface area (Å²) in [6.45, 7) is 1.69. The Morgan fingerprint density at radius 3 is 2.94 bits per heavy atom. The molecule has 7 heteroatoms. The molecule has 0 fully saturated rings. The van der Waals surface area contributed by atoms with Gasteiger partial charge in [-0.05, 0) is 35.0 Å². The third kappa shape index (κ3) is 2.40. The first-order chi connectivity index (χ1) is 8.49. The maximum atomic E-state index is 13.2. The Morgan fingerprint density at radius 1 is 1.56 bits per heavy atom. The SMILES string of the molecule is Cc1c(CC(=O)O)nnn1-c1cc(F)ccc1Br. The summed E-state index contributed by atoms with van der Waals surface area (Å²) in [6.07, 6.45) is -0.210. The molecule has 0 aliphatic carbocycles. The van der Waals surface area contributed by atoms with Gasteiger partial charge in [0.15, 0.2) is 0 Å². The fourth-order valence-corrected chi connectivity index (χ4v) is 1.96. The molecule has 0 atom stereocenters. The number of carbonyl (C=O) groups is 1. The summed E-state index contributed by atoms with van der Waals surface area (Å²) in [7, 11) is 0. The van der Waals surface area contributed by atoms with Gasteiger partial charge in [-0.2, -0.15) is 0 Å². The van der Waals surface area contributed by atoms with E-state index < -0.39 is 11.8 Å². The summed E-state index contributed by atoms with van der Waals surface area (Å²) in [5, 5.41) is 16.4. The molecular weight excluding hydrogens is 305 g/mol. The van der Waals surface area contributed by atoms with Crippen LogP contribution in [0.3, 0.4) is 0 Å². The summed E-state index contributed by atoms with van der Waals surface area (Å²) in [5.74, 6) is -1.38. The Kier molecular flexibility index (Phi) is 3.42. The maximum absolute atomic E-state index is 13.2. The van der Waals surface area contributed by atoms with E-state index in [4.69, 9.17) is 5.11 Å². The second kappa shape index (κ2) is 4.85. The van der Waals surface area contributed by atoms with Gasteiger partial charge in [0.25, 0.3) is 0 Å². The van der Waals surface area contributed by atoms with Crippen molar-refractivity contribution in [1.82, 2.24) is 15.0 Å². The van der Waals surface area contributed by atoms with Crippen LogP contribution in [0.5, 0.6) is 0 Å². The molecule has 1 aromatic heterocycles. The average Bonchev–Trinajstić information content (AvgIpc) is 2.64. The zero-order valence-corrected chi connectivity index (χ0v) is 11.0. The molecule has 94 valence electrons. The van der Waals surface area contributed by atoms with Crippen molar-refractivity contribution >= 4 is 21.9 Å². The standard InChI is InChI=1S/C11H9BrFN3O2/c1-6-9(5-11(17)18)14-15-16(6)10-4-7(13)2-3-8(10)12/h2-4H,5H2,1H3,(H,17,18). The first kappa shape index (κ1) is 12.7. The van der Waals surface area contributed by atoms with Crippen molar-refractivity contribution in [3.8, 4) is 5.69 Å². The van der Waals surface area contributed by atoms with Crippen LogP contribution < -0.4 is 0 Å². The summed E-state index contributed by atoms with van der Waals surface area (Å²) in [5.41, 5.74) is 1.42. The summed E-state index contributed by atoms with van der Waals surface area (Å²) in [4.78, 5) is 10.6. The van der Waals surface area contributed by atoms with Crippen molar-refractivity contribution in [2.24, 2.45) is 0 Å². The van der Waals surface area contributed by atoms with E-state index in [1.807, 2.05) is 0 Å². The Morgan fingerprint density at radius 2 is 2.28 bits per heavy atom. The van der Waals surface area contributed by atoms with Gasteiger partial charge in [0, 0.05) is 10.5 Å². The minimum Gasteiger partial charge on any atom is -0.481 e. The summed E-state index contributed by atoms with van der Waals surface area (Å²) >= 11 is 3.29. The molecule has 1 heterocycles. The monoisotopic (exact) mass is 313 g/mol. The van der Waals surface area contributed by atoms with Gasteiger partial charge in [-0.15, -0.1) is 5.10 Å². The Hall–Kier alpha value is -1.76. The molecule has 0 amide bonds. The third-order valence-corrected chi connectivity index (χ3v) is 3.12. The number of hydrogen-bond acceptors (Lipinski definition) is 3. The molecule has 5 nitrogen and oxygen atoms in total. The predicted molar refractivity (Wildman–Crippen MR) is 65.1 cm³/mol. The van der Waals surface area contributed by atoms with Crippen LogP contribution in [-0.4, -0.2) is 26.1 Å². The lowest BCUT2D eigenvalue weighted by Gasteiger charge is -2.06. The minimum absolute atomic E-state index is 0.210. The Labute approximate surface area is 110 Å². The van der Waals surface area contributed by atoms with E-state index in [0.29, 0.717) is 21.5 Å². The summed E-state index contributed by atoms with van der Waals surface area (Å²) in [6, 6.07) is 4.18. The van der Waals surface area contributed by atoms with Crippen LogP contribution in [0.4, 0.5) is 4.39 Å². The fraction of sp³-hybridized carbons (Fsp3) is 0.182. The molecule has 2 rings (SSSR count). The molecule has 0 aliphatic heterocycles. The highest BCUT2D eigenvalue weighted by Crippen LogP contribution is 2.23. The molecule has 0 unspecified atom stereocenters. The van der Waals surface area contributed by atoms with Gasteiger partial charge in [-0.1, -0.05) is 5.21 Å². The van der Waals surface area contributed by atoms with Crippen LogP contribution in [0.15, 0.2) is 22.7 Å². The fourth-order valence-electron chi connectivity index (χ4n) is 1.54. The van der Waals surface area contributed by atoms with Gasteiger partial charge in [0.2, 0.25) is 0 Å². The highest BCUT2D eigenvalue weighted by molar-refractivity contribution is 9.10. The highest BCUT2D eigenvalue weighted by Gasteiger charge is 2.15. The molecular formula is C11H9BrFN3O2. The lowest BCUT2D eigenvalue weighted by atomic mass is 10.2. The second-order valence-electron chi connectivity index (χ2n) is 3.70. The number of hydrogen-bond donors (Lipinski definition) is 1. The smallest absolute Gasteiger partial charge is 0.309 e. The molecule has 2 aromatic rings. The van der Waals surface area contributed by atoms with E-state index >= 15 is 0 Å². The number of nitrogens with zero attached hydrogens (tertiary/aromatic N) is 3. The van der Waals surface area contributed by atoms with Crippen LogP contribution in [0.2, 0.25) is 0 Å². The summed E-state index contributed by atoms with van der Waals surface area (Å²) < 4.78 is 15.3. The zero-order chi connectivity index (χ0) is 13.3. The lowest BCUT2D eigenvalue weighted by Crippen LogP contribution is -2.04. The number of carboxylic acids is 1. The van der Waals surface area contributed by atoms with Crippen LogP contribution in [0.25, 0.3) is 5.69 Å². The Bertz CT molecular complexity index is 612. The van der Waals surface area contributed by atoms with Crippen LogP contribution in [0.1, 0.15) is 11.4 Å². The first-order valence-corrected chi connectivity index (χ1v) is 5.86. The van der Waals surface area contributed by atoms with Gasteiger partial charge < -0.3 is 5.11 Å². The second-order valence-corrected chi connectivity index (χ2v) is 4.55. The molecule has 18 heavy (non-hydrogen) atoms. The van der Waals surface area contributed by atoms with Crippen LogP contribution in [-0.2, 0) is 11.2 Å². The van der Waals surface area contributed by atoms with Gasteiger partial charge in [0.1, 0.15) is 5.82 Å². The van der Waals surface area contributed by atoms with E-state index in [-0.39, 0.29) is 6.42 Å². The van der Waals surface area contributed by atoms with E-state index in [1.54, 1.807) is 13.0 Å². The average molecular weight is 314 g/mol. The molecule has 1 aromatic carbocycles. The number of halogens is 2. The largest absolute Gasteiger partial charge is 0.481 e. The molecule has 0 saturated carbocycles. The third-order valence-electron chi connectivity index (χ3n) is 2.45. The van der Waals surface area contributed by atoms with E-state index in [2.05, 4.69) is 26.2 Å². The first-order valence-electron chi connectivity index (χ1n) is 5.07. The van der Waals surface area contributed by atoms with Crippen LogP contribution >= 0.6 is 15.9 Å². The lowest BCUT2D eigenvalue weighted by molar-refractivity contribution is -0.136. The highest BCUT2D eigenvalue weighted by atomic mass is 79.9. The van der Waals surface area contributed by atoms with Crippen molar-refractivity contribution < 1.29 is 14.3 Å². The Balaban J connectivity index is 2.48. The minimum atomic E-state index is -0.983. The molecule has 1 N–H and O–H groups in total. The number of carboxylic acid groups (broad SMARTS) is 1. The number of aromatic nitrogens is 3. The molecule has 0 spiro atoms. The van der Waals surface area contributed by atoms with Crippen molar-refractivity contribution in [2.75, 3.05) is 0 Å². The van der Waals surface area contributed by atoms with Gasteiger partial charge in [-0.3, -0.25) is 4.79 Å². The van der Waals surface area contributed by atoms with Gasteiger partial charge >= 0.3 is 5.97 Å². The number of aliphatic carboxylic acids is 1. The van der Waals surface area contributed by atoms with Crippen molar-refractivity contribution in [1.29, 1.82) is 0 Å². The molecule has 0 bridgehead atoms. The van der Waals surface area contributed by atoms with E-state index in [0.717, 1.165) is 0 Å². The van der Waals surface area contributed by atoms with Gasteiger partial charge in [0.05, 0.1) is 23.5 Å². The zero-order valence-electron chi connectivity index (χ0n) is 9.39. The molecule has 0 saturated heterocycles. The van der Waals surface area contributed by atoms with Crippen LogP contribution in [0, 0.1) is 12.7 Å². The molecule has 0 radical (unpaired) electrons. The van der Waals surface area contributed by atoms with E-state index in [1.165, 1.54) is 16.8 Å². The van der Waals surface area contributed by atoms with E-state index in [9.17, 15) is 9.18 Å². The van der Waals surface area contributed by atoms with Gasteiger partial charge in [-0.25, -0.2) is 9.07 Å². The van der Waals surface area contributed by atoms with Crippen molar-refractivity contribution in [3.05, 3.63) is 39.9 Å². The van der Waals surface area contributed by atoms with Crippen molar-refractivity contribution in [3.63, 3.8) is 0 Å². The normalized spacial score (nSPS) is 10.6. The topological polar surface area (TPSA) is 68.0 Å². The number of benzene rings is 1. The quantitative estimate of drug-likeness (QED) is 0.942. The molecule has 0 aliphatic rings.